The number of morpholine rings is 1. The first-order valence-corrected chi connectivity index (χ1v) is 13.1. The molecule has 0 aromatic heterocycles. The lowest BCUT2D eigenvalue weighted by Crippen LogP contribution is -2.50. The summed E-state index contributed by atoms with van der Waals surface area (Å²) in [5, 5.41) is 19.7. The summed E-state index contributed by atoms with van der Waals surface area (Å²) in [6, 6.07) is 0.134. The minimum atomic E-state index is -0.754. The maximum atomic E-state index is 10.9. The van der Waals surface area contributed by atoms with Crippen molar-refractivity contribution in [2.45, 2.75) is 109 Å². The van der Waals surface area contributed by atoms with Crippen molar-refractivity contribution in [3.8, 4) is 0 Å². The molecule has 1 heterocycles. The fourth-order valence-corrected chi connectivity index (χ4v) is 5.20. The Kier molecular flexibility index (Phi) is 14.2. The third kappa shape index (κ3) is 10.3. The van der Waals surface area contributed by atoms with Crippen molar-refractivity contribution in [3.63, 3.8) is 0 Å². The van der Waals surface area contributed by atoms with Gasteiger partial charge in [-0.05, 0) is 25.7 Å². The largest absolute Gasteiger partial charge is 0.481 e. The van der Waals surface area contributed by atoms with E-state index in [4.69, 9.17) is 14.6 Å². The molecule has 1 aliphatic carbocycles. The lowest BCUT2D eigenvalue weighted by molar-refractivity contribution is -0.136. The molecule has 1 saturated heterocycles. The van der Waals surface area contributed by atoms with Crippen LogP contribution < -0.4 is 0 Å². The molecule has 1 saturated carbocycles. The number of allylic oxidation sites excluding steroid dienone is 2. The zero-order valence-corrected chi connectivity index (χ0v) is 20.3. The molecule has 0 bridgehead atoms. The molecule has 6 heteroatoms. The highest BCUT2D eigenvalue weighted by molar-refractivity contribution is 5.66. The summed E-state index contributed by atoms with van der Waals surface area (Å²) in [7, 11) is 0. The van der Waals surface area contributed by atoms with E-state index in [9.17, 15) is 9.90 Å². The number of ether oxygens (including phenoxy) is 2. The zero-order valence-electron chi connectivity index (χ0n) is 20.3. The second kappa shape index (κ2) is 16.6. The van der Waals surface area contributed by atoms with Crippen LogP contribution in [0.5, 0.6) is 0 Å². The van der Waals surface area contributed by atoms with Crippen LogP contribution in [-0.4, -0.2) is 72.2 Å². The van der Waals surface area contributed by atoms with Crippen LogP contribution in [0.2, 0.25) is 0 Å². The highest BCUT2D eigenvalue weighted by Gasteiger charge is 2.45. The van der Waals surface area contributed by atoms with Gasteiger partial charge in [0.2, 0.25) is 0 Å². The zero-order chi connectivity index (χ0) is 23.0. The number of aliphatic carboxylic acids is 1. The van der Waals surface area contributed by atoms with E-state index in [1.165, 1.54) is 44.9 Å². The van der Waals surface area contributed by atoms with Gasteiger partial charge in [0, 0.05) is 44.5 Å². The number of carbonyl (C=O) groups is 1. The van der Waals surface area contributed by atoms with Gasteiger partial charge >= 0.3 is 5.97 Å². The SMILES string of the molecule is CCCCCCCCCCO[C@H]1C[C@@H](O)[C@H](N2CCOCC2)[C@H]1CCC=CCCC(=O)O. The molecule has 1 aliphatic heterocycles. The molecule has 2 N–H and O–H groups in total. The predicted molar refractivity (Wildman–Crippen MR) is 128 cm³/mol. The number of unbranched alkanes of at least 4 members (excludes halogenated alkanes) is 7. The minimum absolute atomic E-state index is 0.106. The molecule has 0 spiro atoms. The maximum Gasteiger partial charge on any atom is 0.303 e. The van der Waals surface area contributed by atoms with Crippen molar-refractivity contribution >= 4 is 5.97 Å². The fourth-order valence-electron chi connectivity index (χ4n) is 5.20. The molecule has 0 aromatic carbocycles. The van der Waals surface area contributed by atoms with Crippen molar-refractivity contribution in [1.29, 1.82) is 0 Å². The van der Waals surface area contributed by atoms with Crippen LogP contribution in [0.1, 0.15) is 90.4 Å². The van der Waals surface area contributed by atoms with Crippen molar-refractivity contribution in [2.75, 3.05) is 32.9 Å². The van der Waals surface area contributed by atoms with Gasteiger partial charge in [0.1, 0.15) is 0 Å². The summed E-state index contributed by atoms with van der Waals surface area (Å²) < 4.78 is 11.9. The van der Waals surface area contributed by atoms with Gasteiger partial charge in [-0.2, -0.15) is 0 Å². The van der Waals surface area contributed by atoms with Gasteiger partial charge in [0.25, 0.3) is 0 Å². The normalized spacial score (nSPS) is 26.8. The number of hydrogen-bond donors (Lipinski definition) is 2. The van der Waals surface area contributed by atoms with Crippen LogP contribution in [0.25, 0.3) is 0 Å². The number of aliphatic hydroxyl groups excluding tert-OH is 1. The summed E-state index contributed by atoms with van der Waals surface area (Å²) in [5.41, 5.74) is 0. The lowest BCUT2D eigenvalue weighted by atomic mass is 9.93. The Morgan fingerprint density at radius 1 is 1.03 bits per heavy atom. The summed E-state index contributed by atoms with van der Waals surface area (Å²) in [6.07, 6.45) is 17.5. The van der Waals surface area contributed by atoms with E-state index in [1.54, 1.807) is 0 Å². The van der Waals surface area contributed by atoms with Crippen molar-refractivity contribution in [2.24, 2.45) is 5.92 Å². The molecule has 32 heavy (non-hydrogen) atoms. The second-order valence-electron chi connectivity index (χ2n) is 9.47. The maximum absolute atomic E-state index is 10.9. The second-order valence-corrected chi connectivity index (χ2v) is 9.47. The lowest BCUT2D eigenvalue weighted by Gasteiger charge is -2.38. The van der Waals surface area contributed by atoms with Crippen molar-refractivity contribution in [1.82, 2.24) is 4.90 Å². The van der Waals surface area contributed by atoms with E-state index < -0.39 is 5.97 Å². The Labute approximate surface area is 195 Å². The predicted octanol–water partition coefficient (Wildman–Crippen LogP) is 4.80. The molecule has 0 radical (unpaired) electrons. The van der Waals surface area contributed by atoms with E-state index in [0.717, 1.165) is 52.2 Å². The van der Waals surface area contributed by atoms with Crippen LogP contribution in [0.15, 0.2) is 12.2 Å². The Morgan fingerprint density at radius 2 is 1.69 bits per heavy atom. The van der Waals surface area contributed by atoms with Crippen LogP contribution in [-0.2, 0) is 14.3 Å². The van der Waals surface area contributed by atoms with Crippen molar-refractivity contribution < 1.29 is 24.5 Å². The topological polar surface area (TPSA) is 79.2 Å². The average molecular weight is 454 g/mol. The standard InChI is InChI=1S/C26H47NO5/c1-2-3-4-5-6-7-10-13-18-32-24-21-23(28)26(27-16-19-31-20-17-27)22(24)14-11-8-9-12-15-25(29)30/h8-9,22-24,26,28H,2-7,10-21H2,1H3,(H,29,30)/t22-,23+,24-,26+/m0/s1. The van der Waals surface area contributed by atoms with E-state index in [0.29, 0.717) is 18.8 Å². The molecule has 0 unspecified atom stereocenters. The van der Waals surface area contributed by atoms with Crippen LogP contribution in [0.4, 0.5) is 0 Å². The highest BCUT2D eigenvalue weighted by atomic mass is 16.5. The molecule has 6 nitrogen and oxygen atoms in total. The summed E-state index contributed by atoms with van der Waals surface area (Å²) in [6.45, 7) is 6.25. The first-order chi connectivity index (χ1) is 15.6. The minimum Gasteiger partial charge on any atom is -0.481 e. The third-order valence-electron chi connectivity index (χ3n) is 6.94. The first kappa shape index (κ1) is 27.3. The van der Waals surface area contributed by atoms with Crippen LogP contribution >= 0.6 is 0 Å². The number of hydrogen-bond acceptors (Lipinski definition) is 5. The first-order valence-electron chi connectivity index (χ1n) is 13.1. The van der Waals surface area contributed by atoms with Gasteiger partial charge < -0.3 is 19.7 Å². The molecule has 4 atom stereocenters. The van der Waals surface area contributed by atoms with Crippen molar-refractivity contribution in [3.05, 3.63) is 12.2 Å². The van der Waals surface area contributed by atoms with E-state index in [2.05, 4.69) is 17.9 Å². The number of rotatable bonds is 17. The van der Waals surface area contributed by atoms with Gasteiger partial charge in [-0.15, -0.1) is 0 Å². The van der Waals surface area contributed by atoms with Crippen LogP contribution in [0, 0.1) is 5.92 Å². The number of carboxylic acids is 1. The molecular weight excluding hydrogens is 406 g/mol. The van der Waals surface area contributed by atoms with E-state index >= 15 is 0 Å². The quantitative estimate of drug-likeness (QED) is 0.243. The molecule has 2 aliphatic rings. The highest BCUT2D eigenvalue weighted by Crippen LogP contribution is 2.36. The molecule has 2 fully saturated rings. The summed E-state index contributed by atoms with van der Waals surface area (Å²) >= 11 is 0. The van der Waals surface area contributed by atoms with E-state index in [-0.39, 0.29) is 24.7 Å². The molecule has 2 rings (SSSR count). The molecule has 0 amide bonds. The summed E-state index contributed by atoms with van der Waals surface area (Å²) in [5.74, 6) is -0.448. The number of aliphatic hydroxyl groups is 1. The summed E-state index contributed by atoms with van der Waals surface area (Å²) in [4.78, 5) is 13.1. The van der Waals surface area contributed by atoms with Gasteiger partial charge in [-0.1, -0.05) is 64.0 Å². The van der Waals surface area contributed by atoms with Crippen LogP contribution in [0.3, 0.4) is 0 Å². The van der Waals surface area contributed by atoms with E-state index in [1.807, 2.05) is 6.08 Å². The molecule has 186 valence electrons. The molecule has 0 aromatic rings. The monoisotopic (exact) mass is 453 g/mol. The van der Waals surface area contributed by atoms with Gasteiger partial charge in [0.15, 0.2) is 0 Å². The Morgan fingerprint density at radius 3 is 2.38 bits per heavy atom. The Balaban J connectivity index is 1.77. The number of nitrogens with zero attached hydrogens (tertiary/aromatic N) is 1. The number of carboxylic acid groups (broad SMARTS) is 1. The smallest absolute Gasteiger partial charge is 0.303 e. The average Bonchev–Trinajstić information content (AvgIpc) is 3.10. The third-order valence-corrected chi connectivity index (χ3v) is 6.94. The van der Waals surface area contributed by atoms with Gasteiger partial charge in [-0.3, -0.25) is 9.69 Å². The Hall–Kier alpha value is -0.950. The Bertz CT molecular complexity index is 520. The fraction of sp³-hybridized carbons (Fsp3) is 0.885. The van der Waals surface area contributed by atoms with Gasteiger partial charge in [-0.25, -0.2) is 0 Å². The van der Waals surface area contributed by atoms with Gasteiger partial charge in [0.05, 0.1) is 25.4 Å². The molecular formula is C26H47NO5.